The number of aromatic nitrogens is 4. The van der Waals surface area contributed by atoms with Gasteiger partial charge in [0.15, 0.2) is 5.65 Å². The Morgan fingerprint density at radius 1 is 1.11 bits per heavy atom. The van der Waals surface area contributed by atoms with Crippen LogP contribution >= 0.6 is 0 Å². The van der Waals surface area contributed by atoms with Gasteiger partial charge in [-0.3, -0.25) is 0 Å². The molecule has 3 aromatic heterocycles. The molecule has 1 aromatic carbocycles. The molecular weight excluding hydrogens is 385 g/mol. The lowest BCUT2D eigenvalue weighted by atomic mass is 10.0. The SMILES string of the molecule is O=S(=O)(c1cccn2ccnc12)N1CC(c2nc(-c3ccc(F)cc3)no2)C1. The predicted octanol–water partition coefficient (Wildman–Crippen LogP) is 2.31. The summed E-state index contributed by atoms with van der Waals surface area (Å²) in [5, 5.41) is 3.91. The average molecular weight is 399 g/mol. The van der Waals surface area contributed by atoms with Crippen molar-refractivity contribution in [2.24, 2.45) is 0 Å². The van der Waals surface area contributed by atoms with Gasteiger partial charge in [-0.1, -0.05) is 5.16 Å². The van der Waals surface area contributed by atoms with Crippen molar-refractivity contribution in [3.8, 4) is 11.4 Å². The monoisotopic (exact) mass is 399 g/mol. The third-order valence-corrected chi connectivity index (χ3v) is 6.60. The first kappa shape index (κ1) is 17.0. The van der Waals surface area contributed by atoms with Gasteiger partial charge in [0.1, 0.15) is 10.7 Å². The number of fused-ring (bicyclic) bond motifs is 1. The van der Waals surface area contributed by atoms with E-state index in [-0.39, 0.29) is 29.7 Å². The number of pyridine rings is 1. The van der Waals surface area contributed by atoms with Gasteiger partial charge in [-0.15, -0.1) is 0 Å². The number of halogens is 1. The van der Waals surface area contributed by atoms with Crippen LogP contribution in [0.5, 0.6) is 0 Å². The summed E-state index contributed by atoms with van der Waals surface area (Å²) >= 11 is 0. The van der Waals surface area contributed by atoms with E-state index >= 15 is 0 Å². The molecule has 0 aliphatic carbocycles. The van der Waals surface area contributed by atoms with Gasteiger partial charge < -0.3 is 8.92 Å². The fourth-order valence-corrected chi connectivity index (χ4v) is 4.84. The second-order valence-corrected chi connectivity index (χ2v) is 8.42. The van der Waals surface area contributed by atoms with Crippen molar-refractivity contribution >= 4 is 15.7 Å². The van der Waals surface area contributed by atoms with Crippen LogP contribution in [0.15, 0.2) is 64.4 Å². The van der Waals surface area contributed by atoms with Crippen molar-refractivity contribution in [2.75, 3.05) is 13.1 Å². The first-order valence-corrected chi connectivity index (χ1v) is 9.98. The first-order valence-electron chi connectivity index (χ1n) is 8.54. The van der Waals surface area contributed by atoms with Crippen LogP contribution in [0.25, 0.3) is 17.0 Å². The van der Waals surface area contributed by atoms with Crippen LogP contribution in [0.1, 0.15) is 11.8 Å². The number of hydrogen-bond donors (Lipinski definition) is 0. The molecule has 1 aliphatic rings. The molecule has 1 fully saturated rings. The number of benzene rings is 1. The highest BCUT2D eigenvalue weighted by atomic mass is 32.2. The molecule has 1 saturated heterocycles. The first-order chi connectivity index (χ1) is 13.5. The van der Waals surface area contributed by atoms with Gasteiger partial charge in [-0.2, -0.15) is 9.29 Å². The normalized spacial score (nSPS) is 15.8. The second-order valence-electron chi connectivity index (χ2n) is 6.51. The van der Waals surface area contributed by atoms with E-state index in [0.717, 1.165) is 0 Å². The van der Waals surface area contributed by atoms with E-state index in [1.165, 1.54) is 16.4 Å². The molecule has 0 spiro atoms. The topological polar surface area (TPSA) is 93.6 Å². The van der Waals surface area contributed by atoms with Crippen LogP contribution in [-0.4, -0.2) is 45.3 Å². The third kappa shape index (κ3) is 2.69. The summed E-state index contributed by atoms with van der Waals surface area (Å²) in [6.45, 7) is 0.490. The molecule has 10 heteroatoms. The number of nitrogens with zero attached hydrogens (tertiary/aromatic N) is 5. The summed E-state index contributed by atoms with van der Waals surface area (Å²) in [5.41, 5.74) is 1.02. The number of rotatable bonds is 4. The molecule has 142 valence electrons. The van der Waals surface area contributed by atoms with Gasteiger partial charge in [-0.05, 0) is 36.4 Å². The molecular formula is C18H14FN5O3S. The Morgan fingerprint density at radius 3 is 2.68 bits per heavy atom. The predicted molar refractivity (Wildman–Crippen MR) is 96.4 cm³/mol. The molecule has 0 saturated carbocycles. The number of imidazole rings is 1. The quantitative estimate of drug-likeness (QED) is 0.523. The van der Waals surface area contributed by atoms with Crippen LogP contribution in [0.3, 0.4) is 0 Å². The fraction of sp³-hybridized carbons (Fsp3) is 0.167. The molecule has 28 heavy (non-hydrogen) atoms. The summed E-state index contributed by atoms with van der Waals surface area (Å²) in [7, 11) is -3.67. The van der Waals surface area contributed by atoms with Crippen molar-refractivity contribution < 1.29 is 17.3 Å². The van der Waals surface area contributed by atoms with Gasteiger partial charge in [0.2, 0.25) is 21.7 Å². The molecule has 4 heterocycles. The van der Waals surface area contributed by atoms with Gasteiger partial charge in [0, 0.05) is 37.2 Å². The van der Waals surface area contributed by atoms with Crippen molar-refractivity contribution in [1.29, 1.82) is 0 Å². The maximum atomic E-state index is 13.0. The van der Waals surface area contributed by atoms with E-state index in [9.17, 15) is 12.8 Å². The molecule has 0 unspecified atom stereocenters. The third-order valence-electron chi connectivity index (χ3n) is 4.74. The molecule has 0 bridgehead atoms. The summed E-state index contributed by atoms with van der Waals surface area (Å²) in [6, 6.07) is 8.98. The van der Waals surface area contributed by atoms with E-state index < -0.39 is 10.0 Å². The lowest BCUT2D eigenvalue weighted by molar-refractivity contribution is 0.217. The van der Waals surface area contributed by atoms with E-state index in [1.54, 1.807) is 47.3 Å². The van der Waals surface area contributed by atoms with Crippen LogP contribution < -0.4 is 0 Å². The van der Waals surface area contributed by atoms with Crippen molar-refractivity contribution in [1.82, 2.24) is 23.8 Å². The summed E-state index contributed by atoms with van der Waals surface area (Å²) in [5.74, 6) is 0.180. The lowest BCUT2D eigenvalue weighted by Crippen LogP contribution is -2.48. The fourth-order valence-electron chi connectivity index (χ4n) is 3.17. The second kappa shape index (κ2) is 6.21. The Bertz CT molecular complexity index is 1260. The minimum Gasteiger partial charge on any atom is -0.339 e. The molecule has 4 aromatic rings. The largest absolute Gasteiger partial charge is 0.339 e. The Labute approximate surface area is 159 Å². The van der Waals surface area contributed by atoms with Gasteiger partial charge in [0.05, 0.1) is 5.92 Å². The Hall–Kier alpha value is -3.11. The zero-order valence-corrected chi connectivity index (χ0v) is 15.3. The van der Waals surface area contributed by atoms with Crippen LogP contribution in [0, 0.1) is 5.82 Å². The van der Waals surface area contributed by atoms with Crippen LogP contribution in [0.2, 0.25) is 0 Å². The highest BCUT2D eigenvalue weighted by Gasteiger charge is 2.41. The smallest absolute Gasteiger partial charge is 0.246 e. The Balaban J connectivity index is 1.35. The maximum Gasteiger partial charge on any atom is 0.246 e. The number of sulfonamides is 1. The van der Waals surface area contributed by atoms with Crippen LogP contribution in [-0.2, 0) is 10.0 Å². The summed E-state index contributed by atoms with van der Waals surface area (Å²) in [6.07, 6.45) is 5.00. The highest BCUT2D eigenvalue weighted by molar-refractivity contribution is 7.89. The maximum absolute atomic E-state index is 13.0. The molecule has 8 nitrogen and oxygen atoms in total. The van der Waals surface area contributed by atoms with Crippen molar-refractivity contribution in [3.63, 3.8) is 0 Å². The van der Waals surface area contributed by atoms with E-state index in [1.807, 2.05) is 0 Å². The van der Waals surface area contributed by atoms with E-state index in [4.69, 9.17) is 4.52 Å². The van der Waals surface area contributed by atoms with Crippen molar-refractivity contribution in [2.45, 2.75) is 10.8 Å². The van der Waals surface area contributed by atoms with E-state index in [2.05, 4.69) is 15.1 Å². The Kier molecular flexibility index (Phi) is 3.78. The Morgan fingerprint density at radius 2 is 1.89 bits per heavy atom. The zero-order chi connectivity index (χ0) is 19.3. The average Bonchev–Trinajstić information content (AvgIpc) is 3.30. The van der Waals surface area contributed by atoms with Crippen LogP contribution in [0.4, 0.5) is 4.39 Å². The highest BCUT2D eigenvalue weighted by Crippen LogP contribution is 2.33. The van der Waals surface area contributed by atoms with Gasteiger partial charge >= 0.3 is 0 Å². The molecule has 0 atom stereocenters. The van der Waals surface area contributed by atoms with Gasteiger partial charge in [0.25, 0.3) is 0 Å². The van der Waals surface area contributed by atoms with Gasteiger partial charge in [-0.25, -0.2) is 17.8 Å². The molecule has 1 aliphatic heterocycles. The lowest BCUT2D eigenvalue weighted by Gasteiger charge is -2.35. The number of hydrogen-bond acceptors (Lipinski definition) is 6. The zero-order valence-electron chi connectivity index (χ0n) is 14.4. The molecule has 0 N–H and O–H groups in total. The minimum absolute atomic E-state index is 0.163. The van der Waals surface area contributed by atoms with Crippen molar-refractivity contribution in [3.05, 3.63) is 66.7 Å². The summed E-state index contributed by atoms with van der Waals surface area (Å²) < 4.78 is 47.2. The minimum atomic E-state index is -3.67. The standard InChI is InChI=1S/C18H14FN5O3S/c19-14-5-3-12(4-6-14)16-21-18(27-22-16)13-10-24(11-13)28(25,26)15-2-1-8-23-9-7-20-17(15)23/h1-9,13H,10-11H2. The molecule has 0 radical (unpaired) electrons. The molecule has 5 rings (SSSR count). The summed E-state index contributed by atoms with van der Waals surface area (Å²) in [4.78, 5) is 8.62. The molecule has 0 amide bonds. The van der Waals surface area contributed by atoms with E-state index in [0.29, 0.717) is 22.9 Å².